The molecule has 0 aliphatic carbocycles. The van der Waals surface area contributed by atoms with Crippen LogP contribution in [0.15, 0.2) is 65.5 Å². The van der Waals surface area contributed by atoms with Gasteiger partial charge >= 0.3 is 0 Å². The van der Waals surface area contributed by atoms with E-state index >= 15 is 0 Å². The first-order valence-electron chi connectivity index (χ1n) is 10.7. The molecule has 0 saturated carbocycles. The maximum Gasteiger partial charge on any atom is 0.258 e. The van der Waals surface area contributed by atoms with Crippen LogP contribution in [0, 0.1) is 17.2 Å². The zero-order chi connectivity index (χ0) is 21.4. The topological polar surface area (TPSA) is 58.3 Å². The monoisotopic (exact) mass is 411 g/mol. The Bertz CT molecular complexity index is 1210. The van der Waals surface area contributed by atoms with E-state index < -0.39 is 0 Å². The summed E-state index contributed by atoms with van der Waals surface area (Å²) in [6.45, 7) is 3.53. The predicted octanol–water partition coefficient (Wildman–Crippen LogP) is 4.01. The largest absolute Gasteiger partial charge is 0.497 e. The van der Waals surface area contributed by atoms with E-state index in [-0.39, 0.29) is 5.56 Å². The van der Waals surface area contributed by atoms with Crippen LogP contribution < -0.4 is 10.3 Å². The molecule has 2 aromatic carbocycles. The SMILES string of the molecule is COc1ccc(-c2ccc3n(c2=O)C[C@@H]2C[C@@H]3CN(Cc3cccc(C#N)c3)C2)cc1. The Kier molecular flexibility index (Phi) is 5.09. The molecule has 1 saturated heterocycles. The summed E-state index contributed by atoms with van der Waals surface area (Å²) in [4.78, 5) is 15.8. The summed E-state index contributed by atoms with van der Waals surface area (Å²) in [5, 5.41) is 9.16. The molecule has 0 unspecified atom stereocenters. The standard InChI is InChI=1S/C26H25N3O2/c1-31-23-7-5-21(6-8-23)24-9-10-25-22-12-20(16-29(25)26(24)30)15-28(17-22)14-19-4-2-3-18(11-19)13-27/h2-11,20,22H,12,14-17H2,1H3/t20-,22-/m1/s1. The van der Waals surface area contributed by atoms with E-state index in [1.54, 1.807) is 7.11 Å². The molecule has 5 heteroatoms. The molecule has 2 atom stereocenters. The van der Waals surface area contributed by atoms with Crippen molar-refractivity contribution in [3.63, 3.8) is 0 Å². The van der Waals surface area contributed by atoms with Crippen molar-refractivity contribution in [2.24, 2.45) is 5.92 Å². The Morgan fingerprint density at radius 1 is 1.06 bits per heavy atom. The second kappa shape index (κ2) is 8.05. The van der Waals surface area contributed by atoms with Crippen LogP contribution in [-0.2, 0) is 13.1 Å². The van der Waals surface area contributed by atoms with Gasteiger partial charge in [-0.1, -0.05) is 24.3 Å². The van der Waals surface area contributed by atoms with Crippen LogP contribution in [-0.4, -0.2) is 29.7 Å². The summed E-state index contributed by atoms with van der Waals surface area (Å²) in [7, 11) is 1.64. The van der Waals surface area contributed by atoms with Crippen LogP contribution in [0.3, 0.4) is 0 Å². The van der Waals surface area contributed by atoms with Crippen molar-refractivity contribution < 1.29 is 4.74 Å². The fraction of sp³-hybridized carbons (Fsp3) is 0.308. The van der Waals surface area contributed by atoms with Crippen LogP contribution >= 0.6 is 0 Å². The molecule has 0 spiro atoms. The van der Waals surface area contributed by atoms with Gasteiger partial charge in [0, 0.05) is 43.4 Å². The Labute approximate surface area is 182 Å². The summed E-state index contributed by atoms with van der Waals surface area (Å²) in [5.74, 6) is 1.62. The van der Waals surface area contributed by atoms with Gasteiger partial charge in [0.1, 0.15) is 5.75 Å². The van der Waals surface area contributed by atoms with Crippen molar-refractivity contribution in [2.45, 2.75) is 25.4 Å². The Hall–Kier alpha value is -3.36. The lowest BCUT2D eigenvalue weighted by atomic mass is 9.82. The number of likely N-dealkylation sites (tertiary alicyclic amines) is 1. The van der Waals surface area contributed by atoms with Crippen molar-refractivity contribution in [1.29, 1.82) is 5.26 Å². The number of nitriles is 1. The third kappa shape index (κ3) is 3.75. The fourth-order valence-electron chi connectivity index (χ4n) is 5.16. The lowest BCUT2D eigenvalue weighted by Gasteiger charge is -2.43. The maximum atomic E-state index is 13.3. The van der Waals surface area contributed by atoms with Gasteiger partial charge in [-0.15, -0.1) is 0 Å². The van der Waals surface area contributed by atoms with Crippen molar-refractivity contribution in [1.82, 2.24) is 9.47 Å². The highest BCUT2D eigenvalue weighted by molar-refractivity contribution is 5.63. The zero-order valence-electron chi connectivity index (χ0n) is 17.6. The number of hydrogen-bond acceptors (Lipinski definition) is 4. The third-order valence-electron chi connectivity index (χ3n) is 6.54. The molecule has 2 aliphatic rings. The first-order valence-corrected chi connectivity index (χ1v) is 10.7. The number of aromatic nitrogens is 1. The smallest absolute Gasteiger partial charge is 0.258 e. The zero-order valence-corrected chi connectivity index (χ0v) is 17.6. The van der Waals surface area contributed by atoms with E-state index in [2.05, 4.69) is 23.1 Å². The van der Waals surface area contributed by atoms with E-state index in [0.29, 0.717) is 17.4 Å². The van der Waals surface area contributed by atoms with Crippen LogP contribution in [0.25, 0.3) is 11.1 Å². The minimum atomic E-state index is 0.104. The molecule has 5 nitrogen and oxygen atoms in total. The summed E-state index contributed by atoms with van der Waals surface area (Å²) in [6.07, 6.45) is 1.13. The van der Waals surface area contributed by atoms with Gasteiger partial charge in [0.05, 0.1) is 18.7 Å². The van der Waals surface area contributed by atoms with Gasteiger partial charge in [-0.25, -0.2) is 0 Å². The molecule has 2 bridgehead atoms. The molecule has 0 radical (unpaired) electrons. The molecule has 3 heterocycles. The molecule has 2 aliphatic heterocycles. The number of ether oxygens (including phenoxy) is 1. The lowest BCUT2D eigenvalue weighted by molar-refractivity contribution is 0.114. The minimum absolute atomic E-state index is 0.104. The first-order chi connectivity index (χ1) is 15.1. The van der Waals surface area contributed by atoms with Crippen LogP contribution in [0.1, 0.15) is 29.2 Å². The lowest BCUT2D eigenvalue weighted by Crippen LogP contribution is -2.46. The first kappa shape index (κ1) is 19.6. The molecule has 0 N–H and O–H groups in total. The van der Waals surface area contributed by atoms with Crippen LogP contribution in [0.2, 0.25) is 0 Å². The summed E-state index contributed by atoms with van der Waals surface area (Å²) in [6, 6.07) is 21.9. The molecule has 1 aromatic heterocycles. The van der Waals surface area contributed by atoms with E-state index in [0.717, 1.165) is 55.2 Å². The number of hydrogen-bond donors (Lipinski definition) is 0. The summed E-state index contributed by atoms with van der Waals surface area (Å²) in [5.41, 5.74) is 4.80. The van der Waals surface area contributed by atoms with Crippen molar-refractivity contribution in [3.05, 3.63) is 87.8 Å². The average molecular weight is 412 g/mol. The molecule has 0 amide bonds. The number of methoxy groups -OCH3 is 1. The van der Waals surface area contributed by atoms with Gasteiger partial charge in [0.25, 0.3) is 5.56 Å². The summed E-state index contributed by atoms with van der Waals surface area (Å²) >= 11 is 0. The molecular weight excluding hydrogens is 386 g/mol. The van der Waals surface area contributed by atoms with E-state index in [4.69, 9.17) is 10.00 Å². The van der Waals surface area contributed by atoms with E-state index in [9.17, 15) is 4.79 Å². The second-order valence-corrected chi connectivity index (χ2v) is 8.62. The molecule has 31 heavy (non-hydrogen) atoms. The number of pyridine rings is 1. The van der Waals surface area contributed by atoms with Gasteiger partial charge in [-0.05, 0) is 59.9 Å². The highest BCUT2D eigenvalue weighted by atomic mass is 16.5. The number of rotatable bonds is 4. The molecular formula is C26H25N3O2. The van der Waals surface area contributed by atoms with E-state index in [1.165, 1.54) is 5.56 Å². The number of nitrogens with zero attached hydrogens (tertiary/aromatic N) is 3. The molecule has 5 rings (SSSR count). The van der Waals surface area contributed by atoms with Gasteiger partial charge in [0.2, 0.25) is 0 Å². The average Bonchev–Trinajstić information content (AvgIpc) is 2.80. The van der Waals surface area contributed by atoms with E-state index in [1.807, 2.05) is 53.1 Å². The normalized spacial score (nSPS) is 20.0. The Balaban J connectivity index is 1.40. The van der Waals surface area contributed by atoms with Gasteiger partial charge < -0.3 is 9.30 Å². The second-order valence-electron chi connectivity index (χ2n) is 8.62. The van der Waals surface area contributed by atoms with Crippen LogP contribution in [0.4, 0.5) is 0 Å². The van der Waals surface area contributed by atoms with Crippen molar-refractivity contribution in [3.8, 4) is 22.9 Å². The van der Waals surface area contributed by atoms with Crippen molar-refractivity contribution in [2.75, 3.05) is 20.2 Å². The van der Waals surface area contributed by atoms with Gasteiger partial charge in [-0.2, -0.15) is 5.26 Å². The fourth-order valence-corrected chi connectivity index (χ4v) is 5.16. The van der Waals surface area contributed by atoms with Gasteiger partial charge in [-0.3, -0.25) is 9.69 Å². The minimum Gasteiger partial charge on any atom is -0.497 e. The Morgan fingerprint density at radius 2 is 1.90 bits per heavy atom. The number of fused-ring (bicyclic) bond motifs is 4. The molecule has 1 fully saturated rings. The Morgan fingerprint density at radius 3 is 2.68 bits per heavy atom. The maximum absolute atomic E-state index is 13.3. The molecule has 3 aromatic rings. The molecule has 156 valence electrons. The predicted molar refractivity (Wildman–Crippen MR) is 120 cm³/mol. The highest BCUT2D eigenvalue weighted by Crippen LogP contribution is 2.36. The quantitative estimate of drug-likeness (QED) is 0.651. The van der Waals surface area contributed by atoms with Crippen LogP contribution in [0.5, 0.6) is 5.75 Å². The number of piperidine rings is 1. The third-order valence-corrected chi connectivity index (χ3v) is 6.54. The van der Waals surface area contributed by atoms with Gasteiger partial charge in [0.15, 0.2) is 0 Å². The highest BCUT2D eigenvalue weighted by Gasteiger charge is 2.35. The number of benzene rings is 2. The summed E-state index contributed by atoms with van der Waals surface area (Å²) < 4.78 is 7.24. The van der Waals surface area contributed by atoms with Crippen molar-refractivity contribution >= 4 is 0 Å².